The first-order chi connectivity index (χ1) is 10.1. The number of aromatic nitrogens is 1. The number of aryl methyl sites for hydroxylation is 2. The van der Waals surface area contributed by atoms with E-state index in [1.54, 1.807) is 25.1 Å². The number of amides is 1. The van der Waals surface area contributed by atoms with Crippen LogP contribution in [0.3, 0.4) is 0 Å². The monoisotopic (exact) mass is 280 g/mol. The maximum absolute atomic E-state index is 12.5. The highest BCUT2D eigenvalue weighted by Crippen LogP contribution is 2.26. The molecule has 0 bridgehead atoms. The zero-order valence-electron chi connectivity index (χ0n) is 11.9. The SMILES string of the molecule is Cc1cc(NC(=O)c2cccc3cc[nH]c23)c(C)cc1O. The Morgan fingerprint density at radius 2 is 1.95 bits per heavy atom. The highest BCUT2D eigenvalue weighted by Gasteiger charge is 2.13. The van der Waals surface area contributed by atoms with Crippen LogP contribution in [0, 0.1) is 13.8 Å². The van der Waals surface area contributed by atoms with Crippen LogP contribution in [-0.4, -0.2) is 16.0 Å². The lowest BCUT2D eigenvalue weighted by molar-refractivity contribution is 0.102. The predicted octanol–water partition coefficient (Wildman–Crippen LogP) is 3.74. The molecule has 4 heteroatoms. The zero-order valence-corrected chi connectivity index (χ0v) is 11.9. The Balaban J connectivity index is 1.97. The van der Waals surface area contributed by atoms with Crippen molar-refractivity contribution in [3.8, 4) is 5.75 Å². The van der Waals surface area contributed by atoms with Crippen molar-refractivity contribution in [2.45, 2.75) is 13.8 Å². The Kier molecular flexibility index (Phi) is 3.14. The molecule has 3 rings (SSSR count). The summed E-state index contributed by atoms with van der Waals surface area (Å²) in [4.78, 5) is 15.6. The molecular weight excluding hydrogens is 264 g/mol. The second-order valence-corrected chi connectivity index (χ2v) is 5.16. The number of anilines is 1. The molecule has 0 unspecified atom stereocenters. The van der Waals surface area contributed by atoms with Gasteiger partial charge in [0.15, 0.2) is 0 Å². The van der Waals surface area contributed by atoms with Crippen molar-refractivity contribution in [3.05, 3.63) is 59.3 Å². The molecule has 1 heterocycles. The maximum Gasteiger partial charge on any atom is 0.257 e. The molecule has 0 atom stereocenters. The molecule has 3 aromatic rings. The number of hydrogen-bond acceptors (Lipinski definition) is 2. The number of hydrogen-bond donors (Lipinski definition) is 3. The number of benzene rings is 2. The Labute approximate surface area is 122 Å². The molecule has 0 saturated heterocycles. The zero-order chi connectivity index (χ0) is 15.0. The van der Waals surface area contributed by atoms with Crippen molar-refractivity contribution >= 4 is 22.5 Å². The first-order valence-corrected chi connectivity index (χ1v) is 6.74. The fourth-order valence-electron chi connectivity index (χ4n) is 2.40. The number of phenolic OH excluding ortho intramolecular Hbond substituents is 1. The van der Waals surface area contributed by atoms with E-state index >= 15 is 0 Å². The molecule has 0 radical (unpaired) electrons. The molecule has 21 heavy (non-hydrogen) atoms. The number of phenols is 1. The van der Waals surface area contributed by atoms with E-state index in [1.807, 2.05) is 31.3 Å². The lowest BCUT2D eigenvalue weighted by atomic mass is 10.1. The first-order valence-electron chi connectivity index (χ1n) is 6.74. The number of carbonyl (C=O) groups is 1. The smallest absolute Gasteiger partial charge is 0.257 e. The van der Waals surface area contributed by atoms with E-state index in [2.05, 4.69) is 10.3 Å². The Morgan fingerprint density at radius 3 is 2.76 bits per heavy atom. The molecule has 106 valence electrons. The molecule has 1 amide bonds. The second-order valence-electron chi connectivity index (χ2n) is 5.16. The third-order valence-corrected chi connectivity index (χ3v) is 3.62. The van der Waals surface area contributed by atoms with E-state index in [4.69, 9.17) is 0 Å². The van der Waals surface area contributed by atoms with Crippen LogP contribution in [0.5, 0.6) is 5.75 Å². The van der Waals surface area contributed by atoms with Crippen LogP contribution in [0.1, 0.15) is 21.5 Å². The largest absolute Gasteiger partial charge is 0.508 e. The van der Waals surface area contributed by atoms with Crippen LogP contribution < -0.4 is 5.32 Å². The standard InChI is InChI=1S/C17H16N2O2/c1-10-9-15(20)11(2)8-14(10)19-17(21)13-5-3-4-12-6-7-18-16(12)13/h3-9,18,20H,1-2H3,(H,19,21). The van der Waals surface area contributed by atoms with Crippen molar-refractivity contribution in [2.24, 2.45) is 0 Å². The van der Waals surface area contributed by atoms with E-state index in [0.717, 1.165) is 22.0 Å². The maximum atomic E-state index is 12.5. The van der Waals surface area contributed by atoms with Gasteiger partial charge < -0.3 is 15.4 Å². The Hall–Kier alpha value is -2.75. The fourth-order valence-corrected chi connectivity index (χ4v) is 2.40. The van der Waals surface area contributed by atoms with Crippen LogP contribution in [0.25, 0.3) is 10.9 Å². The number of aromatic hydroxyl groups is 1. The second kappa shape index (κ2) is 4.98. The van der Waals surface area contributed by atoms with Gasteiger partial charge in [0.1, 0.15) is 5.75 Å². The number of para-hydroxylation sites is 1. The summed E-state index contributed by atoms with van der Waals surface area (Å²) in [6.45, 7) is 3.65. The van der Waals surface area contributed by atoms with Gasteiger partial charge in [-0.25, -0.2) is 0 Å². The number of aromatic amines is 1. The fraction of sp³-hybridized carbons (Fsp3) is 0.118. The molecule has 1 aromatic heterocycles. The van der Waals surface area contributed by atoms with Gasteiger partial charge in [-0.1, -0.05) is 12.1 Å². The average molecular weight is 280 g/mol. The summed E-state index contributed by atoms with van der Waals surface area (Å²) in [5.74, 6) is 0.0632. The van der Waals surface area contributed by atoms with E-state index in [9.17, 15) is 9.90 Å². The van der Waals surface area contributed by atoms with Crippen LogP contribution in [0.4, 0.5) is 5.69 Å². The summed E-state index contributed by atoms with van der Waals surface area (Å²) in [6, 6.07) is 11.0. The highest BCUT2D eigenvalue weighted by molar-refractivity contribution is 6.12. The van der Waals surface area contributed by atoms with Gasteiger partial charge in [0, 0.05) is 17.3 Å². The van der Waals surface area contributed by atoms with Crippen molar-refractivity contribution in [2.75, 3.05) is 5.32 Å². The molecule has 2 aromatic carbocycles. The summed E-state index contributed by atoms with van der Waals surface area (Å²) in [5.41, 5.74) is 3.68. The van der Waals surface area contributed by atoms with Crippen molar-refractivity contribution in [3.63, 3.8) is 0 Å². The number of H-pyrrole nitrogens is 1. The molecule has 0 aliphatic carbocycles. The molecule has 3 N–H and O–H groups in total. The number of nitrogens with one attached hydrogen (secondary N) is 2. The Morgan fingerprint density at radius 1 is 1.14 bits per heavy atom. The lowest BCUT2D eigenvalue weighted by Crippen LogP contribution is -2.13. The van der Waals surface area contributed by atoms with Gasteiger partial charge in [-0.2, -0.15) is 0 Å². The molecular formula is C17H16N2O2. The topological polar surface area (TPSA) is 65.1 Å². The number of fused-ring (bicyclic) bond motifs is 1. The highest BCUT2D eigenvalue weighted by atomic mass is 16.3. The predicted molar refractivity (Wildman–Crippen MR) is 83.8 cm³/mol. The molecule has 0 fully saturated rings. The quantitative estimate of drug-likeness (QED) is 0.626. The first kappa shape index (κ1) is 13.2. The van der Waals surface area contributed by atoms with Crippen molar-refractivity contribution in [1.29, 1.82) is 0 Å². The third kappa shape index (κ3) is 2.36. The van der Waals surface area contributed by atoms with Gasteiger partial charge in [0.25, 0.3) is 5.91 Å². The molecule has 4 nitrogen and oxygen atoms in total. The van der Waals surface area contributed by atoms with Crippen LogP contribution in [0.15, 0.2) is 42.6 Å². The van der Waals surface area contributed by atoms with Crippen LogP contribution >= 0.6 is 0 Å². The lowest BCUT2D eigenvalue weighted by Gasteiger charge is -2.11. The minimum Gasteiger partial charge on any atom is -0.508 e. The van der Waals surface area contributed by atoms with Gasteiger partial charge in [-0.3, -0.25) is 4.79 Å². The summed E-state index contributed by atoms with van der Waals surface area (Å²) < 4.78 is 0. The van der Waals surface area contributed by atoms with Crippen molar-refractivity contribution in [1.82, 2.24) is 4.98 Å². The minimum atomic E-state index is -0.170. The van der Waals surface area contributed by atoms with Gasteiger partial charge in [-0.15, -0.1) is 0 Å². The summed E-state index contributed by atoms with van der Waals surface area (Å²) in [5, 5.41) is 13.6. The van der Waals surface area contributed by atoms with Crippen LogP contribution in [-0.2, 0) is 0 Å². The van der Waals surface area contributed by atoms with Gasteiger partial charge >= 0.3 is 0 Å². The van der Waals surface area contributed by atoms with Crippen molar-refractivity contribution < 1.29 is 9.90 Å². The van der Waals surface area contributed by atoms with Gasteiger partial charge in [-0.05, 0) is 49.2 Å². The van der Waals surface area contributed by atoms with E-state index < -0.39 is 0 Å². The average Bonchev–Trinajstić information content (AvgIpc) is 2.92. The number of carbonyl (C=O) groups excluding carboxylic acids is 1. The molecule has 0 spiro atoms. The van der Waals surface area contributed by atoms with Crippen LogP contribution in [0.2, 0.25) is 0 Å². The summed E-state index contributed by atoms with van der Waals surface area (Å²) >= 11 is 0. The number of rotatable bonds is 2. The minimum absolute atomic E-state index is 0.170. The van der Waals surface area contributed by atoms with E-state index in [1.165, 1.54) is 0 Å². The Bertz CT molecular complexity index is 834. The molecule has 0 saturated carbocycles. The third-order valence-electron chi connectivity index (χ3n) is 3.62. The molecule has 0 aliphatic rings. The van der Waals surface area contributed by atoms with Gasteiger partial charge in [0.2, 0.25) is 0 Å². The summed E-state index contributed by atoms with van der Waals surface area (Å²) in [7, 11) is 0. The van der Waals surface area contributed by atoms with E-state index in [0.29, 0.717) is 11.3 Å². The molecule has 0 aliphatic heterocycles. The van der Waals surface area contributed by atoms with Gasteiger partial charge in [0.05, 0.1) is 11.1 Å². The summed E-state index contributed by atoms with van der Waals surface area (Å²) in [6.07, 6.45) is 1.82. The van der Waals surface area contributed by atoms with E-state index in [-0.39, 0.29) is 11.7 Å². The normalized spacial score (nSPS) is 10.8.